The molecule has 1 N–H and O–H groups in total. The van der Waals surface area contributed by atoms with E-state index < -0.39 is 0 Å². The molecule has 1 atom stereocenters. The van der Waals surface area contributed by atoms with Gasteiger partial charge in [-0.25, -0.2) is 4.79 Å². The predicted molar refractivity (Wildman–Crippen MR) is 135 cm³/mol. The number of esters is 1. The number of para-hydroxylation sites is 1. The number of carbonyl (C=O) groups is 2. The molecule has 0 bridgehead atoms. The minimum atomic E-state index is -0.333. The fraction of sp³-hybridized carbons (Fsp3) is 0.520. The molecule has 1 amide bonds. The van der Waals surface area contributed by atoms with E-state index in [4.69, 9.17) is 16.3 Å². The highest BCUT2D eigenvalue weighted by molar-refractivity contribution is 7.17. The lowest BCUT2D eigenvalue weighted by atomic mass is 9.88. The second-order valence-corrected chi connectivity index (χ2v) is 10.8. The number of piperazine rings is 1. The number of nitrogens with one attached hydrogen (secondary N) is 1. The molecule has 0 saturated carbocycles. The molecule has 0 unspecified atom stereocenters. The van der Waals surface area contributed by atoms with Crippen LogP contribution in [0.4, 0.5) is 10.7 Å². The molecule has 4 rings (SSSR count). The summed E-state index contributed by atoms with van der Waals surface area (Å²) in [4.78, 5) is 31.4. The van der Waals surface area contributed by atoms with E-state index in [2.05, 4.69) is 22.0 Å². The third-order valence-electron chi connectivity index (χ3n) is 6.24. The molecule has 8 heteroatoms. The van der Waals surface area contributed by atoms with Crippen molar-refractivity contribution in [2.24, 2.45) is 5.92 Å². The molecule has 1 aliphatic heterocycles. The monoisotopic (exact) mass is 489 g/mol. The van der Waals surface area contributed by atoms with Crippen LogP contribution in [0.15, 0.2) is 24.3 Å². The number of nitrogens with zero attached hydrogens (tertiary/aromatic N) is 2. The molecule has 33 heavy (non-hydrogen) atoms. The van der Waals surface area contributed by atoms with Crippen molar-refractivity contribution in [1.82, 2.24) is 4.90 Å². The maximum absolute atomic E-state index is 12.9. The first-order chi connectivity index (χ1) is 15.8. The Bertz CT molecular complexity index is 1010. The molecule has 2 aromatic rings. The summed E-state index contributed by atoms with van der Waals surface area (Å²) < 4.78 is 5.51. The maximum Gasteiger partial charge on any atom is 0.341 e. The topological polar surface area (TPSA) is 61.9 Å². The second-order valence-electron chi connectivity index (χ2n) is 9.27. The van der Waals surface area contributed by atoms with Crippen molar-refractivity contribution in [3.63, 3.8) is 0 Å². The minimum absolute atomic E-state index is 0.0913. The standard InChI is InChI=1S/C25H32ClN3O3S/c1-16(2)32-25(31)23-18-9-8-17(3)14-21(18)33-24(23)27-22(30)15-28-10-12-29(13-11-28)20-7-5-4-6-19(20)26/h4-7,16-17H,8-15H2,1-3H3,(H,27,30)/t17-/m0/s1. The van der Waals surface area contributed by atoms with Gasteiger partial charge in [-0.2, -0.15) is 0 Å². The Labute approximate surface area is 204 Å². The van der Waals surface area contributed by atoms with Gasteiger partial charge in [0.1, 0.15) is 5.00 Å². The SMILES string of the molecule is CC(C)OC(=O)c1c(NC(=O)CN2CCN(c3ccccc3Cl)CC2)sc2c1CC[C@H](C)C2. The highest BCUT2D eigenvalue weighted by atomic mass is 35.5. The lowest BCUT2D eigenvalue weighted by Crippen LogP contribution is -2.48. The van der Waals surface area contributed by atoms with Crippen molar-refractivity contribution < 1.29 is 14.3 Å². The van der Waals surface area contributed by atoms with E-state index in [1.165, 1.54) is 16.2 Å². The van der Waals surface area contributed by atoms with Gasteiger partial charge in [0, 0.05) is 31.1 Å². The summed E-state index contributed by atoms with van der Waals surface area (Å²) in [5.41, 5.74) is 2.66. The van der Waals surface area contributed by atoms with Crippen LogP contribution in [0.5, 0.6) is 0 Å². The number of amides is 1. The van der Waals surface area contributed by atoms with Crippen LogP contribution < -0.4 is 10.2 Å². The normalized spacial score (nSPS) is 18.8. The predicted octanol–water partition coefficient (Wildman–Crippen LogP) is 4.85. The fourth-order valence-electron chi connectivity index (χ4n) is 4.55. The van der Waals surface area contributed by atoms with E-state index in [-0.39, 0.29) is 18.0 Å². The van der Waals surface area contributed by atoms with Crippen molar-refractivity contribution in [2.45, 2.75) is 46.1 Å². The smallest absolute Gasteiger partial charge is 0.341 e. The lowest BCUT2D eigenvalue weighted by Gasteiger charge is -2.36. The van der Waals surface area contributed by atoms with Gasteiger partial charge in [0.2, 0.25) is 5.91 Å². The molecule has 2 heterocycles. The van der Waals surface area contributed by atoms with Gasteiger partial charge in [0.15, 0.2) is 0 Å². The Kier molecular flexibility index (Phi) is 7.62. The number of hydrogen-bond acceptors (Lipinski definition) is 6. The fourth-order valence-corrected chi connectivity index (χ4v) is 6.22. The molecule has 1 aromatic carbocycles. The highest BCUT2D eigenvalue weighted by Gasteiger charge is 2.30. The molecule has 1 fully saturated rings. The largest absolute Gasteiger partial charge is 0.459 e. The first-order valence-electron chi connectivity index (χ1n) is 11.7. The van der Waals surface area contributed by atoms with Crippen LogP contribution in [0.3, 0.4) is 0 Å². The number of ether oxygens (including phenoxy) is 1. The van der Waals surface area contributed by atoms with Crippen molar-refractivity contribution in [3.8, 4) is 0 Å². The highest BCUT2D eigenvalue weighted by Crippen LogP contribution is 2.40. The summed E-state index contributed by atoms with van der Waals surface area (Å²) >= 11 is 7.87. The average molecular weight is 490 g/mol. The summed E-state index contributed by atoms with van der Waals surface area (Å²) in [6, 6.07) is 7.85. The third kappa shape index (κ3) is 5.70. The molecule has 0 spiro atoms. The molecule has 178 valence electrons. The zero-order chi connectivity index (χ0) is 23.5. The summed E-state index contributed by atoms with van der Waals surface area (Å²) in [7, 11) is 0. The van der Waals surface area contributed by atoms with Gasteiger partial charge in [0.05, 0.1) is 28.9 Å². The number of halogens is 1. The number of fused-ring (bicyclic) bond motifs is 1. The molecular weight excluding hydrogens is 458 g/mol. The van der Waals surface area contributed by atoms with Crippen molar-refractivity contribution in [2.75, 3.05) is 42.9 Å². The van der Waals surface area contributed by atoms with E-state index in [1.807, 2.05) is 38.1 Å². The van der Waals surface area contributed by atoms with Crippen LogP contribution in [0.25, 0.3) is 0 Å². The number of rotatable bonds is 6. The molecule has 6 nitrogen and oxygen atoms in total. The summed E-state index contributed by atoms with van der Waals surface area (Å²) in [5, 5.41) is 4.43. The summed E-state index contributed by atoms with van der Waals surface area (Å²) in [6.07, 6.45) is 2.65. The van der Waals surface area contributed by atoms with Crippen molar-refractivity contribution >= 4 is 45.5 Å². The molecule has 1 aromatic heterocycles. The van der Waals surface area contributed by atoms with Gasteiger partial charge in [-0.3, -0.25) is 9.69 Å². The molecule has 2 aliphatic rings. The van der Waals surface area contributed by atoms with Crippen LogP contribution in [-0.4, -0.2) is 55.6 Å². The van der Waals surface area contributed by atoms with E-state index in [0.717, 1.165) is 61.7 Å². The van der Waals surface area contributed by atoms with Gasteiger partial charge >= 0.3 is 5.97 Å². The quantitative estimate of drug-likeness (QED) is 0.587. The zero-order valence-electron chi connectivity index (χ0n) is 19.5. The molecular formula is C25H32ClN3O3S. The van der Waals surface area contributed by atoms with Crippen molar-refractivity contribution in [3.05, 3.63) is 45.3 Å². The molecule has 0 radical (unpaired) electrons. The Morgan fingerprint density at radius 1 is 1.21 bits per heavy atom. The van der Waals surface area contributed by atoms with Gasteiger partial charge < -0.3 is 15.0 Å². The Morgan fingerprint density at radius 3 is 2.64 bits per heavy atom. The maximum atomic E-state index is 12.9. The Hall–Kier alpha value is -2.09. The number of anilines is 2. The summed E-state index contributed by atoms with van der Waals surface area (Å²) in [6.45, 7) is 9.41. The van der Waals surface area contributed by atoms with Crippen molar-refractivity contribution in [1.29, 1.82) is 0 Å². The molecule has 1 aliphatic carbocycles. The van der Waals surface area contributed by atoms with E-state index in [0.29, 0.717) is 23.0 Å². The van der Waals surface area contributed by atoms with Crippen LogP contribution in [-0.2, 0) is 22.4 Å². The zero-order valence-corrected chi connectivity index (χ0v) is 21.1. The number of benzene rings is 1. The summed E-state index contributed by atoms with van der Waals surface area (Å²) in [5.74, 6) is 0.162. The van der Waals surface area contributed by atoms with E-state index >= 15 is 0 Å². The van der Waals surface area contributed by atoms with Crippen LogP contribution in [0, 0.1) is 5.92 Å². The number of carbonyl (C=O) groups excluding carboxylic acids is 2. The number of hydrogen-bond donors (Lipinski definition) is 1. The minimum Gasteiger partial charge on any atom is -0.459 e. The lowest BCUT2D eigenvalue weighted by molar-refractivity contribution is -0.117. The molecule has 1 saturated heterocycles. The van der Waals surface area contributed by atoms with Crippen LogP contribution >= 0.6 is 22.9 Å². The number of thiophene rings is 1. The van der Waals surface area contributed by atoms with Crippen LogP contribution in [0.2, 0.25) is 5.02 Å². The third-order valence-corrected chi connectivity index (χ3v) is 7.73. The Morgan fingerprint density at radius 2 is 1.94 bits per heavy atom. The first kappa shape index (κ1) is 24.0. The van der Waals surface area contributed by atoms with E-state index in [1.54, 1.807) is 0 Å². The van der Waals surface area contributed by atoms with Crippen LogP contribution in [0.1, 0.15) is 48.0 Å². The van der Waals surface area contributed by atoms with Gasteiger partial charge in [-0.05, 0) is 56.7 Å². The second kappa shape index (κ2) is 10.5. The van der Waals surface area contributed by atoms with Gasteiger partial charge in [0.25, 0.3) is 0 Å². The van der Waals surface area contributed by atoms with Gasteiger partial charge in [-0.15, -0.1) is 11.3 Å². The Balaban J connectivity index is 1.40. The first-order valence-corrected chi connectivity index (χ1v) is 12.9. The van der Waals surface area contributed by atoms with Gasteiger partial charge in [-0.1, -0.05) is 30.7 Å². The average Bonchev–Trinajstić information content (AvgIpc) is 3.11. The van der Waals surface area contributed by atoms with E-state index in [9.17, 15) is 9.59 Å².